The van der Waals surface area contributed by atoms with E-state index in [0.29, 0.717) is 6.10 Å². The van der Waals surface area contributed by atoms with Crippen molar-refractivity contribution in [1.29, 1.82) is 0 Å². The summed E-state index contributed by atoms with van der Waals surface area (Å²) in [4.78, 5) is 0. The first-order valence-electron chi connectivity index (χ1n) is 4.73. The zero-order valence-corrected chi connectivity index (χ0v) is 11.1. The molecule has 0 aromatic carbocycles. The van der Waals surface area contributed by atoms with Crippen LogP contribution < -0.4 is 0 Å². The van der Waals surface area contributed by atoms with Crippen molar-refractivity contribution in [3.63, 3.8) is 0 Å². The molecule has 5 heteroatoms. The predicted octanol–water partition coefficient (Wildman–Crippen LogP) is 3.50. The molecule has 0 N–H and O–H groups in total. The molecular weight excluding hydrogens is 312 g/mol. The van der Waals surface area contributed by atoms with Gasteiger partial charge in [0.05, 0.1) is 6.10 Å². The highest BCUT2D eigenvalue weighted by molar-refractivity contribution is 9.11. The molecule has 2 rings (SSSR count). The summed E-state index contributed by atoms with van der Waals surface area (Å²) in [6, 6.07) is 1.93. The molecule has 1 fully saturated rings. The minimum atomic E-state index is 0.0828. The van der Waals surface area contributed by atoms with Crippen molar-refractivity contribution < 1.29 is 4.74 Å². The maximum Gasteiger partial charge on any atom is 0.151 e. The Labute approximate surface area is 100 Å². The Bertz CT molecular complexity index is 327. The van der Waals surface area contributed by atoms with Crippen molar-refractivity contribution in [2.75, 3.05) is 0 Å². The third kappa shape index (κ3) is 2.20. The molecule has 1 aliphatic heterocycles. The highest BCUT2D eigenvalue weighted by atomic mass is 79.9. The largest absolute Gasteiger partial charge is 0.354 e. The van der Waals surface area contributed by atoms with Crippen LogP contribution in [-0.4, -0.2) is 15.9 Å². The molecular formula is C9H12Br2N2O. The van der Waals surface area contributed by atoms with Gasteiger partial charge in [-0.1, -0.05) is 0 Å². The molecule has 0 saturated carbocycles. The van der Waals surface area contributed by atoms with E-state index in [1.165, 1.54) is 6.42 Å². The number of rotatable bonds is 1. The van der Waals surface area contributed by atoms with E-state index >= 15 is 0 Å². The summed E-state index contributed by atoms with van der Waals surface area (Å²) in [6.07, 6.45) is 3.81. The summed E-state index contributed by atoms with van der Waals surface area (Å²) in [5.74, 6) is 0. The normalized spacial score (nSPS) is 27.9. The second kappa shape index (κ2) is 4.33. The topological polar surface area (TPSA) is 27.1 Å². The Balaban J connectivity index is 2.17. The van der Waals surface area contributed by atoms with Crippen molar-refractivity contribution in [3.05, 3.63) is 15.3 Å². The molecule has 0 bridgehead atoms. The Morgan fingerprint density at radius 3 is 2.86 bits per heavy atom. The van der Waals surface area contributed by atoms with Gasteiger partial charge in [-0.2, -0.15) is 5.10 Å². The van der Waals surface area contributed by atoms with E-state index in [9.17, 15) is 0 Å². The number of halogens is 2. The molecule has 2 atom stereocenters. The van der Waals surface area contributed by atoms with E-state index in [1.54, 1.807) is 0 Å². The average molecular weight is 324 g/mol. The highest BCUT2D eigenvalue weighted by Gasteiger charge is 2.22. The Hall–Kier alpha value is 0.130. The van der Waals surface area contributed by atoms with Gasteiger partial charge in [0.25, 0.3) is 0 Å². The van der Waals surface area contributed by atoms with Crippen LogP contribution in [-0.2, 0) is 4.74 Å². The van der Waals surface area contributed by atoms with Crippen LogP contribution in [0.1, 0.15) is 32.4 Å². The number of hydrogen-bond donors (Lipinski definition) is 0. The van der Waals surface area contributed by atoms with E-state index in [0.717, 1.165) is 22.0 Å². The molecule has 78 valence electrons. The molecule has 0 spiro atoms. The molecule has 1 saturated heterocycles. The lowest BCUT2D eigenvalue weighted by atomic mass is 10.1. The quantitative estimate of drug-likeness (QED) is 0.791. The predicted molar refractivity (Wildman–Crippen MR) is 61.1 cm³/mol. The zero-order valence-electron chi connectivity index (χ0n) is 7.91. The van der Waals surface area contributed by atoms with Gasteiger partial charge < -0.3 is 4.74 Å². The molecule has 3 nitrogen and oxygen atoms in total. The zero-order chi connectivity index (χ0) is 10.1. The van der Waals surface area contributed by atoms with E-state index < -0.39 is 0 Å². The van der Waals surface area contributed by atoms with Gasteiger partial charge in [0.1, 0.15) is 9.21 Å². The number of hydrogen-bond acceptors (Lipinski definition) is 2. The molecule has 1 aromatic rings. The fraction of sp³-hybridized carbons (Fsp3) is 0.667. The van der Waals surface area contributed by atoms with Gasteiger partial charge in [0.2, 0.25) is 0 Å². The first-order chi connectivity index (χ1) is 6.66. The minimum absolute atomic E-state index is 0.0828. The Kier molecular flexibility index (Phi) is 3.29. The monoisotopic (exact) mass is 322 g/mol. The SMILES string of the molecule is CC1CCCC(n2nc(Br)cc2Br)O1. The van der Waals surface area contributed by atoms with Crippen LogP contribution in [0, 0.1) is 0 Å². The molecule has 1 aliphatic rings. The van der Waals surface area contributed by atoms with Crippen LogP contribution in [0.5, 0.6) is 0 Å². The van der Waals surface area contributed by atoms with Crippen LogP contribution in [0.3, 0.4) is 0 Å². The fourth-order valence-corrected chi connectivity index (χ4v) is 2.93. The van der Waals surface area contributed by atoms with Crippen molar-refractivity contribution in [1.82, 2.24) is 9.78 Å². The summed E-state index contributed by atoms with van der Waals surface area (Å²) in [5, 5.41) is 4.33. The van der Waals surface area contributed by atoms with Gasteiger partial charge in [-0.3, -0.25) is 0 Å². The standard InChI is InChI=1S/C9H12Br2N2O/c1-6-3-2-4-9(14-6)13-8(11)5-7(10)12-13/h5-6,9H,2-4H2,1H3. The van der Waals surface area contributed by atoms with Crippen LogP contribution in [0.15, 0.2) is 15.3 Å². The number of nitrogens with zero attached hydrogens (tertiary/aromatic N) is 2. The molecule has 14 heavy (non-hydrogen) atoms. The lowest BCUT2D eigenvalue weighted by molar-refractivity contribution is -0.0879. The second-order valence-electron chi connectivity index (χ2n) is 3.57. The second-order valence-corrected chi connectivity index (χ2v) is 5.19. The third-order valence-electron chi connectivity index (χ3n) is 2.38. The molecule has 2 unspecified atom stereocenters. The maximum atomic E-state index is 5.82. The molecule has 2 heterocycles. The summed E-state index contributed by atoms with van der Waals surface area (Å²) < 4.78 is 9.51. The van der Waals surface area contributed by atoms with Gasteiger partial charge in [-0.15, -0.1) is 0 Å². The number of aromatic nitrogens is 2. The average Bonchev–Trinajstić information content (AvgIpc) is 2.45. The van der Waals surface area contributed by atoms with E-state index in [2.05, 4.69) is 43.9 Å². The van der Waals surface area contributed by atoms with Gasteiger partial charge in [0, 0.05) is 6.07 Å². The van der Waals surface area contributed by atoms with Gasteiger partial charge in [-0.05, 0) is 58.0 Å². The molecule has 1 aromatic heterocycles. The first kappa shape index (κ1) is 10.6. The lowest BCUT2D eigenvalue weighted by Crippen LogP contribution is -2.24. The van der Waals surface area contributed by atoms with Crippen LogP contribution in [0.4, 0.5) is 0 Å². The van der Waals surface area contributed by atoms with Crippen LogP contribution in [0.2, 0.25) is 0 Å². The van der Waals surface area contributed by atoms with E-state index in [4.69, 9.17) is 4.74 Å². The Morgan fingerprint density at radius 1 is 1.50 bits per heavy atom. The molecule has 0 aliphatic carbocycles. The number of ether oxygens (including phenoxy) is 1. The third-order valence-corrected chi connectivity index (χ3v) is 3.36. The van der Waals surface area contributed by atoms with Gasteiger partial charge >= 0.3 is 0 Å². The lowest BCUT2D eigenvalue weighted by Gasteiger charge is -2.28. The van der Waals surface area contributed by atoms with Crippen LogP contribution >= 0.6 is 31.9 Å². The van der Waals surface area contributed by atoms with E-state index in [1.807, 2.05) is 10.7 Å². The van der Waals surface area contributed by atoms with Crippen molar-refractivity contribution in [3.8, 4) is 0 Å². The minimum Gasteiger partial charge on any atom is -0.354 e. The molecule has 0 amide bonds. The Morgan fingerprint density at radius 2 is 2.29 bits per heavy atom. The van der Waals surface area contributed by atoms with Crippen molar-refractivity contribution >= 4 is 31.9 Å². The summed E-state index contributed by atoms with van der Waals surface area (Å²) in [5.41, 5.74) is 0. The summed E-state index contributed by atoms with van der Waals surface area (Å²) >= 11 is 6.81. The molecule has 0 radical (unpaired) electrons. The van der Waals surface area contributed by atoms with Crippen LogP contribution in [0.25, 0.3) is 0 Å². The van der Waals surface area contributed by atoms with Crippen molar-refractivity contribution in [2.45, 2.75) is 38.5 Å². The van der Waals surface area contributed by atoms with Crippen molar-refractivity contribution in [2.24, 2.45) is 0 Å². The highest BCUT2D eigenvalue weighted by Crippen LogP contribution is 2.30. The fourth-order valence-electron chi connectivity index (χ4n) is 1.71. The van der Waals surface area contributed by atoms with Gasteiger partial charge in [0.15, 0.2) is 6.23 Å². The maximum absolute atomic E-state index is 5.82. The first-order valence-corrected chi connectivity index (χ1v) is 6.31. The summed E-state index contributed by atoms with van der Waals surface area (Å²) in [7, 11) is 0. The smallest absolute Gasteiger partial charge is 0.151 e. The van der Waals surface area contributed by atoms with E-state index in [-0.39, 0.29) is 6.23 Å². The van der Waals surface area contributed by atoms with Gasteiger partial charge in [-0.25, -0.2) is 4.68 Å². The summed E-state index contributed by atoms with van der Waals surface area (Å²) in [6.45, 7) is 2.11.